The average Bonchev–Trinajstić information content (AvgIpc) is 3.85. The monoisotopic (exact) mass is 863 g/mol. The molecule has 1 unspecified atom stereocenters. The summed E-state index contributed by atoms with van der Waals surface area (Å²) in [5.74, 6) is -5.39. The Bertz CT molecular complexity index is 2430. The standard InChI is InChI=1S/C49H54FN3O10/c1-45(2)62-41-20-35-37-11-9-32-19-34(54)12-14-46(32,3)49(37,50)39(55)21-38(35)48(41,63-45)40(56)27-61-43(58)23-47(15-16-47)22-42(57)60-26-28-4-6-29(7-5-28)36(24-51)44(59)53-33-10-8-31-25-52-17-13-30(31)18-33/h4-8,10,12-14,17-19,25,35-39,41,55H,9,11,15-16,20-24,26-27,51H2,1-3H3,(H,53,59)/t35-,36+,37-,38?,39-,41+,46-,48+,49-/m0/s1. The first-order valence-electron chi connectivity index (χ1n) is 22.0. The van der Waals surface area contributed by atoms with Gasteiger partial charge in [0.05, 0.1) is 31.0 Å². The predicted molar refractivity (Wildman–Crippen MR) is 227 cm³/mol. The van der Waals surface area contributed by atoms with Crippen LogP contribution in [0, 0.1) is 28.6 Å². The van der Waals surface area contributed by atoms with E-state index in [1.807, 2.05) is 24.3 Å². The summed E-state index contributed by atoms with van der Waals surface area (Å²) >= 11 is 0. The number of Topliss-reactive ketones (excluding diaryl/α,β-unsaturated/α-hetero) is 1. The van der Waals surface area contributed by atoms with E-state index in [2.05, 4.69) is 10.3 Å². The van der Waals surface area contributed by atoms with Gasteiger partial charge in [-0.3, -0.25) is 29.0 Å². The van der Waals surface area contributed by atoms with Crippen LogP contribution in [-0.2, 0) is 49.5 Å². The third-order valence-electron chi connectivity index (χ3n) is 15.0. The molecule has 1 saturated heterocycles. The number of carbonyl (C=O) groups is 5. The van der Waals surface area contributed by atoms with Crippen LogP contribution >= 0.6 is 0 Å². The number of anilines is 1. The number of alkyl halides is 1. The van der Waals surface area contributed by atoms with Gasteiger partial charge in [0.15, 0.2) is 29.4 Å². The normalized spacial score (nSPS) is 32.3. The Hall–Kier alpha value is -5.15. The molecule has 2 heterocycles. The van der Waals surface area contributed by atoms with Gasteiger partial charge >= 0.3 is 11.9 Å². The van der Waals surface area contributed by atoms with E-state index >= 15 is 4.39 Å². The fraction of sp³-hybridized carbons (Fsp3) is 0.510. The summed E-state index contributed by atoms with van der Waals surface area (Å²) in [5.41, 5.74) is 3.32. The summed E-state index contributed by atoms with van der Waals surface area (Å²) in [5, 5.41) is 16.6. The average molecular weight is 864 g/mol. The number of aliphatic hydroxyl groups is 1. The number of hydrogen-bond acceptors (Lipinski definition) is 12. The van der Waals surface area contributed by atoms with Gasteiger partial charge in [-0.15, -0.1) is 0 Å². The lowest BCUT2D eigenvalue weighted by atomic mass is 9.48. The molecule has 0 spiro atoms. The molecular formula is C49H54FN3O10. The van der Waals surface area contributed by atoms with E-state index < -0.39 is 82.2 Å². The van der Waals surface area contributed by atoms with Crippen molar-refractivity contribution in [2.45, 2.75) is 114 Å². The van der Waals surface area contributed by atoms with E-state index in [1.165, 1.54) is 12.2 Å². The number of aliphatic hydroxyl groups excluding tert-OH is 1. The van der Waals surface area contributed by atoms with Crippen molar-refractivity contribution in [1.29, 1.82) is 0 Å². The number of pyridine rings is 1. The van der Waals surface area contributed by atoms with Crippen molar-refractivity contribution in [1.82, 2.24) is 4.98 Å². The highest BCUT2D eigenvalue weighted by molar-refractivity contribution is 6.01. The number of rotatable bonds is 13. The van der Waals surface area contributed by atoms with Gasteiger partial charge in [0.2, 0.25) is 11.7 Å². The summed E-state index contributed by atoms with van der Waals surface area (Å²) in [6.45, 7) is 4.64. The number of nitrogens with one attached hydrogen (secondary N) is 1. The van der Waals surface area contributed by atoms with Crippen molar-refractivity contribution >= 4 is 45.9 Å². The van der Waals surface area contributed by atoms with E-state index in [4.69, 9.17) is 24.7 Å². The highest BCUT2D eigenvalue weighted by Crippen LogP contribution is 2.68. The van der Waals surface area contributed by atoms with Crippen molar-refractivity contribution in [3.05, 3.63) is 95.9 Å². The Morgan fingerprint density at radius 2 is 1.73 bits per heavy atom. The molecule has 13 nitrogen and oxygen atoms in total. The van der Waals surface area contributed by atoms with E-state index in [0.29, 0.717) is 54.5 Å². The Kier molecular flexibility index (Phi) is 10.8. The molecule has 0 radical (unpaired) electrons. The van der Waals surface area contributed by atoms with E-state index in [9.17, 15) is 29.1 Å². The molecular weight excluding hydrogens is 810 g/mol. The third-order valence-corrected chi connectivity index (χ3v) is 15.0. The van der Waals surface area contributed by atoms with Crippen LogP contribution < -0.4 is 11.1 Å². The molecule has 0 bridgehead atoms. The molecule has 3 aromatic rings. The van der Waals surface area contributed by atoms with Gasteiger partial charge in [0, 0.05) is 47.3 Å². The molecule has 1 amide bonds. The highest BCUT2D eigenvalue weighted by Gasteiger charge is 2.75. The lowest BCUT2D eigenvalue weighted by Crippen LogP contribution is -2.66. The van der Waals surface area contributed by atoms with Gasteiger partial charge < -0.3 is 35.1 Å². The molecule has 63 heavy (non-hydrogen) atoms. The predicted octanol–water partition coefficient (Wildman–Crippen LogP) is 6.11. The number of carbonyl (C=O) groups excluding carboxylic acids is 5. The third kappa shape index (κ3) is 7.52. The maximum absolute atomic E-state index is 17.6. The van der Waals surface area contributed by atoms with Crippen LogP contribution in [0.2, 0.25) is 0 Å². The first-order valence-corrected chi connectivity index (χ1v) is 22.0. The van der Waals surface area contributed by atoms with Crippen LogP contribution in [0.1, 0.15) is 89.2 Å². The molecule has 5 fully saturated rings. The Balaban J connectivity index is 0.783. The van der Waals surface area contributed by atoms with Gasteiger partial charge in [-0.1, -0.05) is 42.0 Å². The van der Waals surface area contributed by atoms with Crippen LogP contribution in [0.15, 0.2) is 84.7 Å². The number of ketones is 2. The van der Waals surface area contributed by atoms with Crippen LogP contribution in [0.4, 0.5) is 10.1 Å². The molecule has 6 aliphatic rings. The fourth-order valence-corrected chi connectivity index (χ4v) is 11.7. The molecule has 332 valence electrons. The molecule has 5 aliphatic carbocycles. The van der Waals surface area contributed by atoms with Crippen molar-refractivity contribution in [3.8, 4) is 0 Å². The van der Waals surface area contributed by atoms with Gasteiger partial charge in [0.1, 0.15) is 6.61 Å². The topological polar surface area (TPSA) is 193 Å². The second-order valence-corrected chi connectivity index (χ2v) is 19.2. The number of nitrogens with two attached hydrogens (primary N) is 1. The minimum absolute atomic E-state index is 0.000825. The Morgan fingerprint density at radius 3 is 2.46 bits per heavy atom. The first kappa shape index (κ1) is 43.1. The molecule has 2 aromatic carbocycles. The van der Waals surface area contributed by atoms with Crippen molar-refractivity contribution in [3.63, 3.8) is 0 Å². The second kappa shape index (κ2) is 15.8. The number of halogens is 1. The van der Waals surface area contributed by atoms with Crippen molar-refractivity contribution in [2.24, 2.45) is 34.3 Å². The van der Waals surface area contributed by atoms with Gasteiger partial charge in [-0.25, -0.2) is 4.39 Å². The van der Waals surface area contributed by atoms with E-state index in [0.717, 1.165) is 10.8 Å². The number of fused-ring (bicyclic) bond motifs is 8. The SMILES string of the molecule is CC1(C)O[C@@H]2C[C@@H]3C(C[C@H](O)[C@@]4(F)[C@H]3CCC3=CC(=O)C=C[C@@]34C)[C@]2(C(=O)COC(=O)CC2(CC(=O)OCc3ccc([C@@H](CN)C(=O)Nc4ccc5cnccc5c4)cc3)CC2)O1. The second-order valence-electron chi connectivity index (χ2n) is 19.2. The minimum atomic E-state index is -2.07. The lowest BCUT2D eigenvalue weighted by Gasteiger charge is -2.59. The summed E-state index contributed by atoms with van der Waals surface area (Å²) < 4.78 is 41.6. The summed E-state index contributed by atoms with van der Waals surface area (Å²) in [7, 11) is 0. The van der Waals surface area contributed by atoms with Gasteiger partial charge in [-0.05, 0) is 117 Å². The number of esters is 2. The zero-order chi connectivity index (χ0) is 44.5. The van der Waals surface area contributed by atoms with E-state index in [-0.39, 0.29) is 50.0 Å². The van der Waals surface area contributed by atoms with Crippen molar-refractivity contribution < 1.29 is 52.4 Å². The quantitative estimate of drug-likeness (QED) is 0.167. The zero-order valence-corrected chi connectivity index (χ0v) is 35.8. The number of amides is 1. The van der Waals surface area contributed by atoms with Gasteiger partial charge in [-0.2, -0.15) is 0 Å². The molecule has 14 heteroatoms. The summed E-state index contributed by atoms with van der Waals surface area (Å²) in [6, 6.07) is 14.6. The number of aromatic nitrogens is 1. The number of allylic oxidation sites excluding steroid dienone is 4. The first-order chi connectivity index (χ1) is 30.0. The van der Waals surface area contributed by atoms with Crippen LogP contribution in [-0.4, -0.2) is 81.9 Å². The maximum atomic E-state index is 17.6. The Morgan fingerprint density at radius 1 is 0.984 bits per heavy atom. The molecule has 9 atom stereocenters. The van der Waals surface area contributed by atoms with Crippen LogP contribution in [0.25, 0.3) is 10.8 Å². The fourth-order valence-electron chi connectivity index (χ4n) is 11.7. The molecule has 9 rings (SSSR count). The molecule has 4 saturated carbocycles. The number of benzene rings is 2. The van der Waals surface area contributed by atoms with E-state index in [1.54, 1.807) is 63.5 Å². The molecule has 4 N–H and O–H groups in total. The number of ether oxygens (including phenoxy) is 4. The lowest BCUT2D eigenvalue weighted by molar-refractivity contribution is -0.221. The molecule has 1 aliphatic heterocycles. The largest absolute Gasteiger partial charge is 0.461 e. The Labute approximate surface area is 364 Å². The maximum Gasteiger partial charge on any atom is 0.306 e. The summed E-state index contributed by atoms with van der Waals surface area (Å²) in [6.07, 6.45) is 8.00. The van der Waals surface area contributed by atoms with Crippen LogP contribution in [0.5, 0.6) is 0 Å². The number of hydrogen-bond donors (Lipinski definition) is 3. The zero-order valence-electron chi connectivity index (χ0n) is 35.8. The van der Waals surface area contributed by atoms with Crippen LogP contribution in [0.3, 0.4) is 0 Å². The number of nitrogens with zero attached hydrogens (tertiary/aromatic N) is 1. The molecule has 1 aromatic heterocycles. The minimum Gasteiger partial charge on any atom is -0.461 e. The van der Waals surface area contributed by atoms with Crippen molar-refractivity contribution in [2.75, 3.05) is 18.5 Å². The summed E-state index contributed by atoms with van der Waals surface area (Å²) in [4.78, 5) is 70.2. The van der Waals surface area contributed by atoms with Gasteiger partial charge in [0.25, 0.3) is 0 Å². The smallest absolute Gasteiger partial charge is 0.306 e. The highest BCUT2D eigenvalue weighted by atomic mass is 19.1.